The fourth-order valence-electron chi connectivity index (χ4n) is 2.47. The Labute approximate surface area is 158 Å². The Kier molecular flexibility index (Phi) is 4.72. The van der Waals surface area contributed by atoms with Crippen LogP contribution in [0.25, 0.3) is 23.5 Å². The zero-order valence-corrected chi connectivity index (χ0v) is 15.2. The zero-order valence-electron chi connectivity index (χ0n) is 13.6. The number of aromatic nitrogens is 4. The van der Waals surface area contributed by atoms with E-state index in [1.165, 1.54) is 12.2 Å². The molecule has 0 bridgehead atoms. The van der Waals surface area contributed by atoms with Crippen LogP contribution in [0, 0.1) is 0 Å². The van der Waals surface area contributed by atoms with Crippen LogP contribution in [-0.4, -0.2) is 24.9 Å². The van der Waals surface area contributed by atoms with Gasteiger partial charge in [-0.3, -0.25) is 13.9 Å². The smallest absolute Gasteiger partial charge is 0.178 e. The van der Waals surface area contributed by atoms with Gasteiger partial charge in [0, 0.05) is 35.5 Å². The molecule has 128 valence electrons. The SMILES string of the molecule is O=C(/C=C/c1nccn1-c1ccsc1)/C=C/c1nccn1-c1ccsc1. The Bertz CT molecular complexity index is 969. The van der Waals surface area contributed by atoms with Crippen molar-refractivity contribution in [3.05, 3.63) is 82.2 Å². The van der Waals surface area contributed by atoms with Crippen LogP contribution in [0.4, 0.5) is 0 Å². The van der Waals surface area contributed by atoms with Gasteiger partial charge in [0.1, 0.15) is 11.6 Å². The summed E-state index contributed by atoms with van der Waals surface area (Å²) >= 11 is 3.24. The van der Waals surface area contributed by atoms with E-state index in [1.54, 1.807) is 47.2 Å². The number of thiophene rings is 2. The van der Waals surface area contributed by atoms with Gasteiger partial charge in [0.05, 0.1) is 11.4 Å². The second-order valence-electron chi connectivity index (χ2n) is 5.34. The first kappa shape index (κ1) is 16.4. The summed E-state index contributed by atoms with van der Waals surface area (Å²) < 4.78 is 3.88. The van der Waals surface area contributed by atoms with Gasteiger partial charge in [-0.2, -0.15) is 22.7 Å². The molecule has 0 aliphatic rings. The fraction of sp³-hybridized carbons (Fsp3) is 0. The van der Waals surface area contributed by atoms with Crippen LogP contribution in [0.15, 0.2) is 70.6 Å². The Balaban J connectivity index is 1.49. The number of hydrogen-bond donors (Lipinski definition) is 0. The van der Waals surface area contributed by atoms with Crippen LogP contribution in [0.5, 0.6) is 0 Å². The molecule has 0 N–H and O–H groups in total. The van der Waals surface area contributed by atoms with Gasteiger partial charge in [-0.1, -0.05) is 0 Å². The van der Waals surface area contributed by atoms with Crippen LogP contribution < -0.4 is 0 Å². The molecule has 0 radical (unpaired) electrons. The summed E-state index contributed by atoms with van der Waals surface area (Å²) in [5.74, 6) is 1.31. The molecule has 0 aliphatic carbocycles. The number of nitrogens with zero attached hydrogens (tertiary/aromatic N) is 4. The molecule has 4 heterocycles. The van der Waals surface area contributed by atoms with E-state index < -0.39 is 0 Å². The maximum atomic E-state index is 12.2. The molecule has 0 aliphatic heterocycles. The summed E-state index contributed by atoms with van der Waals surface area (Å²) in [6, 6.07) is 4.02. The lowest BCUT2D eigenvalue weighted by molar-refractivity contribution is -0.110. The molecule has 0 saturated carbocycles. The van der Waals surface area contributed by atoms with Crippen molar-refractivity contribution in [2.75, 3.05) is 0 Å². The molecular formula is C19H14N4OS2. The van der Waals surface area contributed by atoms with Crippen molar-refractivity contribution in [1.29, 1.82) is 0 Å². The second kappa shape index (κ2) is 7.47. The van der Waals surface area contributed by atoms with E-state index in [4.69, 9.17) is 0 Å². The summed E-state index contributed by atoms with van der Waals surface area (Å²) in [6.07, 6.45) is 13.6. The monoisotopic (exact) mass is 378 g/mol. The lowest BCUT2D eigenvalue weighted by atomic mass is 10.3. The van der Waals surface area contributed by atoms with Crippen molar-refractivity contribution in [2.24, 2.45) is 0 Å². The third-order valence-electron chi connectivity index (χ3n) is 3.70. The molecule has 4 aromatic rings. The number of ketones is 1. The second-order valence-corrected chi connectivity index (χ2v) is 6.90. The van der Waals surface area contributed by atoms with Crippen molar-refractivity contribution < 1.29 is 4.79 Å². The quantitative estimate of drug-likeness (QED) is 0.465. The zero-order chi connectivity index (χ0) is 17.8. The van der Waals surface area contributed by atoms with Crippen LogP contribution >= 0.6 is 22.7 Å². The maximum Gasteiger partial charge on any atom is 0.178 e. The van der Waals surface area contributed by atoms with Crippen molar-refractivity contribution in [3.8, 4) is 11.4 Å². The van der Waals surface area contributed by atoms with Gasteiger partial charge in [0.15, 0.2) is 5.78 Å². The number of carbonyl (C=O) groups excluding carboxylic acids is 1. The van der Waals surface area contributed by atoms with Crippen LogP contribution in [0.1, 0.15) is 11.6 Å². The first-order valence-electron chi connectivity index (χ1n) is 7.83. The van der Waals surface area contributed by atoms with E-state index in [0.29, 0.717) is 11.6 Å². The van der Waals surface area contributed by atoms with E-state index in [1.807, 2.05) is 55.2 Å². The van der Waals surface area contributed by atoms with Crippen molar-refractivity contribution >= 4 is 40.6 Å². The molecule has 0 atom stereocenters. The van der Waals surface area contributed by atoms with Crippen molar-refractivity contribution in [3.63, 3.8) is 0 Å². The van der Waals surface area contributed by atoms with E-state index in [2.05, 4.69) is 9.97 Å². The van der Waals surface area contributed by atoms with Gasteiger partial charge < -0.3 is 0 Å². The summed E-state index contributed by atoms with van der Waals surface area (Å²) in [6.45, 7) is 0. The number of hydrogen-bond acceptors (Lipinski definition) is 5. The molecule has 5 nitrogen and oxygen atoms in total. The Morgan fingerprint density at radius 2 is 1.35 bits per heavy atom. The largest absolute Gasteiger partial charge is 0.299 e. The lowest BCUT2D eigenvalue weighted by Gasteiger charge is -2.01. The highest BCUT2D eigenvalue weighted by Gasteiger charge is 2.04. The van der Waals surface area contributed by atoms with Crippen LogP contribution in [0.2, 0.25) is 0 Å². The standard InChI is InChI=1S/C19H14N4OS2/c24-17(1-3-18-20-7-9-22(18)15-5-11-25-13-15)2-4-19-21-8-10-23(19)16-6-12-26-14-16/h1-14H/b3-1+,4-2+. The van der Waals surface area contributed by atoms with Gasteiger partial charge in [-0.05, 0) is 47.2 Å². The predicted octanol–water partition coefficient (Wildman–Crippen LogP) is 4.48. The Morgan fingerprint density at radius 3 is 1.77 bits per heavy atom. The molecule has 4 rings (SSSR count). The lowest BCUT2D eigenvalue weighted by Crippen LogP contribution is -1.95. The van der Waals surface area contributed by atoms with Gasteiger partial charge in [0.25, 0.3) is 0 Å². The van der Waals surface area contributed by atoms with E-state index in [9.17, 15) is 4.79 Å². The van der Waals surface area contributed by atoms with Crippen LogP contribution in [0.3, 0.4) is 0 Å². The third-order valence-corrected chi connectivity index (χ3v) is 5.04. The van der Waals surface area contributed by atoms with Gasteiger partial charge in [-0.25, -0.2) is 9.97 Å². The van der Waals surface area contributed by atoms with Gasteiger partial charge in [0.2, 0.25) is 0 Å². The highest BCUT2D eigenvalue weighted by atomic mass is 32.1. The third kappa shape index (κ3) is 3.49. The highest BCUT2D eigenvalue weighted by Crippen LogP contribution is 2.16. The van der Waals surface area contributed by atoms with E-state index >= 15 is 0 Å². The summed E-state index contributed by atoms with van der Waals surface area (Å²) in [4.78, 5) is 20.8. The first-order chi connectivity index (χ1) is 12.8. The van der Waals surface area contributed by atoms with Gasteiger partial charge >= 0.3 is 0 Å². The fourth-order valence-corrected chi connectivity index (χ4v) is 3.73. The minimum atomic E-state index is -0.121. The Hall–Kier alpha value is -3.03. The van der Waals surface area contributed by atoms with Crippen molar-refractivity contribution in [1.82, 2.24) is 19.1 Å². The van der Waals surface area contributed by atoms with Gasteiger partial charge in [-0.15, -0.1) is 0 Å². The molecule has 0 unspecified atom stereocenters. The van der Waals surface area contributed by atoms with E-state index in [0.717, 1.165) is 11.4 Å². The first-order valence-corrected chi connectivity index (χ1v) is 9.72. The molecule has 26 heavy (non-hydrogen) atoms. The van der Waals surface area contributed by atoms with Crippen molar-refractivity contribution in [2.45, 2.75) is 0 Å². The average molecular weight is 378 g/mol. The maximum absolute atomic E-state index is 12.2. The minimum absolute atomic E-state index is 0.121. The average Bonchev–Trinajstić information content (AvgIpc) is 3.44. The molecule has 0 amide bonds. The molecule has 0 saturated heterocycles. The van der Waals surface area contributed by atoms with E-state index in [-0.39, 0.29) is 5.78 Å². The Morgan fingerprint density at radius 1 is 0.846 bits per heavy atom. The molecular weight excluding hydrogens is 364 g/mol. The molecule has 0 aromatic carbocycles. The molecule has 4 aromatic heterocycles. The number of allylic oxidation sites excluding steroid dienone is 2. The number of imidazole rings is 2. The summed E-state index contributed by atoms with van der Waals surface area (Å²) in [5, 5.41) is 8.08. The normalized spacial score (nSPS) is 11.7. The number of carbonyl (C=O) groups is 1. The minimum Gasteiger partial charge on any atom is -0.299 e. The molecule has 0 fully saturated rings. The number of rotatable bonds is 6. The summed E-state index contributed by atoms with van der Waals surface area (Å²) in [5.41, 5.74) is 2.07. The highest BCUT2D eigenvalue weighted by molar-refractivity contribution is 7.08. The predicted molar refractivity (Wildman–Crippen MR) is 106 cm³/mol. The van der Waals surface area contributed by atoms with Crippen LogP contribution in [-0.2, 0) is 4.79 Å². The summed E-state index contributed by atoms with van der Waals surface area (Å²) in [7, 11) is 0. The molecule has 7 heteroatoms. The topological polar surface area (TPSA) is 52.7 Å². The molecule has 0 spiro atoms.